The van der Waals surface area contributed by atoms with Crippen molar-refractivity contribution in [2.45, 2.75) is 32.0 Å². The maximum absolute atomic E-state index is 14.4. The van der Waals surface area contributed by atoms with Crippen molar-refractivity contribution in [1.29, 1.82) is 0 Å². The largest absolute Gasteiger partial charge is 0.495 e. The molecule has 48 heavy (non-hydrogen) atoms. The molecule has 0 aliphatic carbocycles. The average molecular weight is 699 g/mol. The van der Waals surface area contributed by atoms with E-state index in [0.29, 0.717) is 74.9 Å². The normalized spacial score (nSPS) is 18.1. The van der Waals surface area contributed by atoms with E-state index in [0.717, 1.165) is 0 Å². The van der Waals surface area contributed by atoms with E-state index in [1.807, 2.05) is 0 Å². The lowest BCUT2D eigenvalue weighted by molar-refractivity contribution is -0.126. The number of aromatic nitrogens is 3. The third-order valence-corrected chi connectivity index (χ3v) is 9.14. The van der Waals surface area contributed by atoms with Gasteiger partial charge in [0.1, 0.15) is 17.1 Å². The molecule has 2 aliphatic rings. The molecule has 2 N–H and O–H groups in total. The lowest BCUT2D eigenvalue weighted by Gasteiger charge is -2.34. The molecular formula is C33H37Cl2N7O6. The molecule has 0 radical (unpaired) electrons. The second kappa shape index (κ2) is 15.7. The van der Waals surface area contributed by atoms with Gasteiger partial charge in [0.05, 0.1) is 48.5 Å². The number of hydrogen-bond acceptors (Lipinski definition) is 10. The first kappa shape index (κ1) is 35.0. The molecule has 0 bridgehead atoms. The molecule has 2 atom stereocenters. The monoisotopic (exact) mass is 697 g/mol. The second-order valence-corrected chi connectivity index (χ2v) is 12.0. The molecule has 0 spiro atoms. The molecule has 3 aromatic rings. The topological polar surface area (TPSA) is 140 Å². The van der Waals surface area contributed by atoms with Crippen molar-refractivity contribution in [2.75, 3.05) is 65.5 Å². The van der Waals surface area contributed by atoms with Crippen molar-refractivity contribution in [3.63, 3.8) is 0 Å². The van der Waals surface area contributed by atoms with Crippen LogP contribution < -0.4 is 25.7 Å². The molecule has 2 fully saturated rings. The summed E-state index contributed by atoms with van der Waals surface area (Å²) in [6.07, 6.45) is 3.43. The smallest absolute Gasteiger partial charge is 0.298 e. The van der Waals surface area contributed by atoms with Gasteiger partial charge < -0.3 is 29.7 Å². The number of carbonyl (C=O) groups excluding carboxylic acids is 2. The Balaban J connectivity index is 1.54. The van der Waals surface area contributed by atoms with Crippen molar-refractivity contribution in [2.24, 2.45) is 0 Å². The van der Waals surface area contributed by atoms with E-state index in [1.54, 1.807) is 34.7 Å². The number of rotatable bonds is 10. The highest BCUT2D eigenvalue weighted by Gasteiger charge is 2.28. The third kappa shape index (κ3) is 7.52. The van der Waals surface area contributed by atoms with Crippen LogP contribution in [0.25, 0.3) is 22.2 Å². The number of amides is 2. The summed E-state index contributed by atoms with van der Waals surface area (Å²) in [5, 5.41) is 7.09. The number of halogens is 2. The van der Waals surface area contributed by atoms with Gasteiger partial charge in [-0.2, -0.15) is 4.98 Å². The predicted octanol–water partition coefficient (Wildman–Crippen LogP) is 2.82. The van der Waals surface area contributed by atoms with Crippen molar-refractivity contribution in [3.05, 3.63) is 51.4 Å². The van der Waals surface area contributed by atoms with Crippen LogP contribution in [0.5, 0.6) is 11.5 Å². The zero-order valence-electron chi connectivity index (χ0n) is 27.0. The number of fused-ring (bicyclic) bond motifs is 1. The highest BCUT2D eigenvalue weighted by atomic mass is 35.5. The number of pyridine rings is 1. The maximum atomic E-state index is 14.4. The number of nitrogens with zero attached hydrogens (tertiary/aromatic N) is 5. The van der Waals surface area contributed by atoms with Crippen LogP contribution in [0.1, 0.15) is 13.3 Å². The first-order valence-electron chi connectivity index (χ1n) is 15.4. The van der Waals surface area contributed by atoms with E-state index in [-0.39, 0.29) is 63.1 Å². The van der Waals surface area contributed by atoms with Crippen LogP contribution in [0.3, 0.4) is 0 Å². The maximum Gasteiger partial charge on any atom is 0.298 e. The summed E-state index contributed by atoms with van der Waals surface area (Å²) in [6, 6.07) is 2.65. The van der Waals surface area contributed by atoms with Gasteiger partial charge in [-0.05, 0) is 31.4 Å². The molecule has 4 heterocycles. The van der Waals surface area contributed by atoms with Crippen molar-refractivity contribution in [1.82, 2.24) is 29.7 Å². The zero-order valence-corrected chi connectivity index (χ0v) is 28.5. The summed E-state index contributed by atoms with van der Waals surface area (Å²) < 4.78 is 18.2. The number of carbonyl (C=O) groups is 2. The number of piperazine rings is 1. The lowest BCUT2D eigenvalue weighted by Crippen LogP contribution is -2.52. The fourth-order valence-electron chi connectivity index (χ4n) is 5.80. The molecular weight excluding hydrogens is 661 g/mol. The van der Waals surface area contributed by atoms with Crippen LogP contribution in [-0.2, 0) is 20.9 Å². The van der Waals surface area contributed by atoms with Crippen LogP contribution in [0.4, 0.5) is 5.95 Å². The Kier molecular flexibility index (Phi) is 11.4. The molecule has 0 saturated carbocycles. The summed E-state index contributed by atoms with van der Waals surface area (Å²) in [4.78, 5) is 51.9. The molecule has 2 aromatic heterocycles. The average Bonchev–Trinajstić information content (AvgIpc) is 3.09. The van der Waals surface area contributed by atoms with Gasteiger partial charge in [0.15, 0.2) is 0 Å². The minimum atomic E-state index is -0.379. The van der Waals surface area contributed by atoms with Crippen LogP contribution in [0.2, 0.25) is 10.0 Å². The van der Waals surface area contributed by atoms with Crippen molar-refractivity contribution < 1.29 is 23.8 Å². The van der Waals surface area contributed by atoms with Gasteiger partial charge >= 0.3 is 0 Å². The van der Waals surface area contributed by atoms with E-state index < -0.39 is 0 Å². The Labute approximate surface area is 288 Å². The van der Waals surface area contributed by atoms with Crippen LogP contribution in [0.15, 0.2) is 35.8 Å². The first-order chi connectivity index (χ1) is 23.2. The minimum Gasteiger partial charge on any atom is -0.495 e. The fourth-order valence-corrected chi connectivity index (χ4v) is 6.50. The molecule has 2 aliphatic heterocycles. The number of methoxy groups -OCH3 is 2. The Morgan fingerprint density at radius 3 is 2.46 bits per heavy atom. The lowest BCUT2D eigenvalue weighted by atomic mass is 10.0. The SMILES string of the molecule is C=CC(=O)N[C@H]1CCOC[C@H]1Nc1ncc2cc(-c3c(Cl)c(OC)cc(OC)c3Cl)c(=O)n(CCN3CCN(C(=O)C#CC)CC3)c2n1. The molecule has 1 aromatic carbocycles. The van der Waals surface area contributed by atoms with Crippen LogP contribution >= 0.6 is 23.2 Å². The molecule has 2 amide bonds. The Morgan fingerprint density at radius 1 is 1.10 bits per heavy atom. The number of nitrogens with one attached hydrogen (secondary N) is 2. The molecule has 5 rings (SSSR count). The minimum absolute atomic E-state index is 0.159. The summed E-state index contributed by atoms with van der Waals surface area (Å²) in [5.74, 6) is 5.62. The molecule has 254 valence electrons. The summed E-state index contributed by atoms with van der Waals surface area (Å²) >= 11 is 13.5. The molecule has 15 heteroatoms. The third-order valence-electron chi connectivity index (χ3n) is 8.39. The van der Waals surface area contributed by atoms with Crippen molar-refractivity contribution in [3.8, 4) is 34.5 Å². The molecule has 2 saturated heterocycles. The van der Waals surface area contributed by atoms with Gasteiger partial charge in [-0.3, -0.25) is 23.9 Å². The number of hydrogen-bond donors (Lipinski definition) is 2. The van der Waals surface area contributed by atoms with E-state index in [9.17, 15) is 14.4 Å². The van der Waals surface area contributed by atoms with E-state index >= 15 is 0 Å². The highest BCUT2D eigenvalue weighted by Crippen LogP contribution is 2.45. The summed E-state index contributed by atoms with van der Waals surface area (Å²) in [7, 11) is 2.93. The standard InChI is InChI=1S/C33H37Cl2N7O6/c1-5-7-27(44)41-12-9-40(10-13-41)11-14-42-31-20(16-21(32(42)45)28-29(34)24(46-3)17-25(47-4)30(28)35)18-36-33(39-31)38-23-19-48-15-8-22(23)37-26(43)6-2/h6,16-18,22-23H,2,8-15,19H2,1,3-4H3,(H,37,43)(H,36,38,39)/t22-,23+/m0/s1. The summed E-state index contributed by atoms with van der Waals surface area (Å²) in [6.45, 7) is 9.06. The van der Waals surface area contributed by atoms with Gasteiger partial charge in [0.25, 0.3) is 11.5 Å². The number of anilines is 1. The van der Waals surface area contributed by atoms with Crippen molar-refractivity contribution >= 4 is 52.0 Å². The highest BCUT2D eigenvalue weighted by molar-refractivity contribution is 6.41. The Morgan fingerprint density at radius 2 is 1.81 bits per heavy atom. The van der Waals surface area contributed by atoms with Crippen LogP contribution in [0, 0.1) is 11.8 Å². The molecule has 13 nitrogen and oxygen atoms in total. The summed E-state index contributed by atoms with van der Waals surface area (Å²) in [5.41, 5.74) is 0.497. The first-order valence-corrected chi connectivity index (χ1v) is 16.2. The second-order valence-electron chi connectivity index (χ2n) is 11.2. The number of ether oxygens (including phenoxy) is 3. The van der Waals surface area contributed by atoms with Gasteiger partial charge in [-0.1, -0.05) is 35.7 Å². The van der Waals surface area contributed by atoms with Crippen LogP contribution in [-0.4, -0.2) is 108 Å². The molecule has 0 unspecified atom stereocenters. The Hall–Kier alpha value is -4.35. The quantitative estimate of drug-likeness (QED) is 0.240. The van der Waals surface area contributed by atoms with Gasteiger partial charge in [0, 0.05) is 69.1 Å². The zero-order chi connectivity index (χ0) is 34.4. The van der Waals surface area contributed by atoms with E-state index in [4.69, 9.17) is 42.4 Å². The van der Waals surface area contributed by atoms with Gasteiger partial charge in [-0.25, -0.2) is 4.98 Å². The predicted molar refractivity (Wildman–Crippen MR) is 184 cm³/mol. The van der Waals surface area contributed by atoms with E-state index in [1.165, 1.54) is 20.3 Å². The van der Waals surface area contributed by atoms with Gasteiger partial charge in [-0.15, -0.1) is 0 Å². The van der Waals surface area contributed by atoms with E-state index in [2.05, 4.69) is 38.9 Å². The van der Waals surface area contributed by atoms with Gasteiger partial charge in [0.2, 0.25) is 11.9 Å². The number of benzene rings is 1. The Bertz CT molecular complexity index is 1800. The fraction of sp³-hybridized carbons (Fsp3) is 0.424.